The Hall–Kier alpha value is -3.30. The molecule has 34 heavy (non-hydrogen) atoms. The molecule has 4 aromatic rings. The van der Waals surface area contributed by atoms with Crippen LogP contribution in [0.4, 0.5) is 0 Å². The predicted molar refractivity (Wildman–Crippen MR) is 133 cm³/mol. The van der Waals surface area contributed by atoms with Crippen LogP contribution in [-0.4, -0.2) is 57.6 Å². The second kappa shape index (κ2) is 10.3. The molecule has 0 aliphatic carbocycles. The van der Waals surface area contributed by atoms with Crippen molar-refractivity contribution in [3.05, 3.63) is 82.8 Å². The summed E-state index contributed by atoms with van der Waals surface area (Å²) < 4.78 is 13.8. The zero-order valence-corrected chi connectivity index (χ0v) is 20.3. The number of ether oxygens (including phenoxy) is 2. The number of rotatable bonds is 8. The van der Waals surface area contributed by atoms with Gasteiger partial charge in [-0.2, -0.15) is 0 Å². The quantitative estimate of drug-likeness (QED) is 0.342. The van der Waals surface area contributed by atoms with E-state index >= 15 is 0 Å². The predicted octanol–water partition coefficient (Wildman–Crippen LogP) is 4.31. The fraction of sp³-hybridized carbons (Fsp3) is 0.240. The van der Waals surface area contributed by atoms with E-state index in [1.54, 1.807) is 23.3 Å². The summed E-state index contributed by atoms with van der Waals surface area (Å²) in [6.45, 7) is 0.860. The number of nitrogens with zero attached hydrogens (tertiary/aromatic N) is 4. The molecular weight excluding hydrogens is 468 g/mol. The largest absolute Gasteiger partial charge is 0.486 e. The van der Waals surface area contributed by atoms with Crippen LogP contribution in [0.1, 0.15) is 10.7 Å². The normalized spacial score (nSPS) is 14.7. The van der Waals surface area contributed by atoms with E-state index in [1.165, 1.54) is 16.6 Å². The molecule has 1 unspecified atom stereocenters. The monoisotopic (exact) mass is 492 g/mol. The summed E-state index contributed by atoms with van der Waals surface area (Å²) >= 11 is 3.09. The number of carbonyl (C=O) groups excluding carboxylic acids is 1. The topological polar surface area (TPSA) is 69.5 Å². The minimum atomic E-state index is -0.209. The van der Waals surface area contributed by atoms with Gasteiger partial charge in [0, 0.05) is 24.0 Å². The number of hydrogen-bond acceptors (Lipinski definition) is 7. The van der Waals surface area contributed by atoms with Crippen LogP contribution in [0.25, 0.3) is 5.69 Å². The summed E-state index contributed by atoms with van der Waals surface area (Å²) in [5.74, 6) is 2.55. The number of aromatic nitrogens is 3. The Morgan fingerprint density at radius 3 is 2.68 bits per heavy atom. The molecule has 5 rings (SSSR count). The molecule has 0 radical (unpaired) electrons. The van der Waals surface area contributed by atoms with Crippen LogP contribution in [-0.2, 0) is 11.2 Å². The van der Waals surface area contributed by atoms with Crippen molar-refractivity contribution in [2.24, 2.45) is 0 Å². The van der Waals surface area contributed by atoms with Crippen LogP contribution < -0.4 is 9.47 Å². The molecule has 2 aromatic heterocycles. The molecule has 1 aliphatic rings. The number of benzene rings is 2. The van der Waals surface area contributed by atoms with E-state index in [4.69, 9.17) is 9.47 Å². The Bertz CT molecular complexity index is 1240. The molecule has 2 aromatic carbocycles. The second-order valence-electron chi connectivity index (χ2n) is 7.89. The average molecular weight is 493 g/mol. The number of hydrogen-bond donors (Lipinski definition) is 0. The lowest BCUT2D eigenvalue weighted by Crippen LogP contribution is -2.42. The Kier molecular flexibility index (Phi) is 6.82. The van der Waals surface area contributed by atoms with Crippen molar-refractivity contribution in [2.75, 3.05) is 26.0 Å². The summed E-state index contributed by atoms with van der Waals surface area (Å²) in [6, 6.07) is 21.7. The minimum absolute atomic E-state index is 0.00474. The Balaban J connectivity index is 1.24. The molecule has 0 saturated heterocycles. The molecule has 0 N–H and O–H groups in total. The molecular formula is C25H24N4O3S2. The van der Waals surface area contributed by atoms with Gasteiger partial charge in [0.25, 0.3) is 0 Å². The van der Waals surface area contributed by atoms with E-state index in [2.05, 4.69) is 21.6 Å². The zero-order chi connectivity index (χ0) is 23.3. The van der Waals surface area contributed by atoms with Crippen LogP contribution in [0, 0.1) is 0 Å². The SMILES string of the molecule is CN(CC1COc2ccccc2O1)C(=O)CSc1nnc(Cc2cccs2)n1-c1ccccc1. The van der Waals surface area contributed by atoms with E-state index in [1.807, 2.05) is 65.2 Å². The van der Waals surface area contributed by atoms with E-state index in [0.29, 0.717) is 30.5 Å². The van der Waals surface area contributed by atoms with Gasteiger partial charge in [0.05, 0.1) is 12.3 Å². The molecule has 0 bridgehead atoms. The number of likely N-dealkylation sites (N-methyl/N-ethyl adjacent to an activating group) is 1. The van der Waals surface area contributed by atoms with Crippen molar-refractivity contribution in [3.63, 3.8) is 0 Å². The summed E-state index contributed by atoms with van der Waals surface area (Å²) in [4.78, 5) is 15.8. The van der Waals surface area contributed by atoms with Gasteiger partial charge < -0.3 is 14.4 Å². The number of para-hydroxylation sites is 3. The zero-order valence-electron chi connectivity index (χ0n) is 18.7. The third-order valence-corrected chi connectivity index (χ3v) is 7.21. The van der Waals surface area contributed by atoms with Gasteiger partial charge in [-0.15, -0.1) is 21.5 Å². The Morgan fingerprint density at radius 1 is 1.09 bits per heavy atom. The number of amides is 1. The molecule has 1 aliphatic heterocycles. The smallest absolute Gasteiger partial charge is 0.232 e. The molecule has 0 fully saturated rings. The first-order valence-corrected chi connectivity index (χ1v) is 12.8. The summed E-state index contributed by atoms with van der Waals surface area (Å²) in [7, 11) is 1.79. The van der Waals surface area contributed by atoms with Gasteiger partial charge in [0.1, 0.15) is 12.4 Å². The first-order chi connectivity index (χ1) is 16.7. The van der Waals surface area contributed by atoms with Gasteiger partial charge in [-0.05, 0) is 35.7 Å². The Labute approximate surface area is 206 Å². The third kappa shape index (κ3) is 5.10. The van der Waals surface area contributed by atoms with Crippen molar-refractivity contribution < 1.29 is 14.3 Å². The number of thioether (sulfide) groups is 1. The van der Waals surface area contributed by atoms with E-state index in [-0.39, 0.29) is 17.8 Å². The standard InChI is InChI=1S/C25H24N4O3S2/c1-28(15-19-16-31-21-11-5-6-12-22(21)32-19)24(30)17-34-25-27-26-23(14-20-10-7-13-33-20)29(25)18-8-3-2-4-9-18/h2-13,19H,14-17H2,1H3. The van der Waals surface area contributed by atoms with Crippen LogP contribution in [0.15, 0.2) is 77.3 Å². The van der Waals surface area contributed by atoms with Crippen molar-refractivity contribution in [3.8, 4) is 17.2 Å². The van der Waals surface area contributed by atoms with E-state index < -0.39 is 0 Å². The van der Waals surface area contributed by atoms with Crippen LogP contribution in [0.5, 0.6) is 11.5 Å². The fourth-order valence-electron chi connectivity index (χ4n) is 3.71. The summed E-state index contributed by atoms with van der Waals surface area (Å²) in [5, 5.41) is 11.6. The van der Waals surface area contributed by atoms with Gasteiger partial charge >= 0.3 is 0 Å². The number of fused-ring (bicyclic) bond motifs is 1. The van der Waals surface area contributed by atoms with Crippen LogP contribution in [0.3, 0.4) is 0 Å². The van der Waals surface area contributed by atoms with Gasteiger partial charge in [0.15, 0.2) is 22.8 Å². The highest BCUT2D eigenvalue weighted by Gasteiger charge is 2.24. The highest BCUT2D eigenvalue weighted by Crippen LogP contribution is 2.31. The highest BCUT2D eigenvalue weighted by atomic mass is 32.2. The summed E-state index contributed by atoms with van der Waals surface area (Å²) in [5.41, 5.74) is 0.980. The lowest BCUT2D eigenvalue weighted by Gasteiger charge is -2.29. The van der Waals surface area contributed by atoms with Crippen LogP contribution in [0.2, 0.25) is 0 Å². The molecule has 1 atom stereocenters. The first kappa shape index (κ1) is 22.5. The van der Waals surface area contributed by atoms with Gasteiger partial charge in [-0.3, -0.25) is 9.36 Å². The third-order valence-electron chi connectivity index (χ3n) is 5.42. The summed E-state index contributed by atoms with van der Waals surface area (Å²) in [6.07, 6.45) is 0.480. The maximum atomic E-state index is 12.9. The molecule has 3 heterocycles. The lowest BCUT2D eigenvalue weighted by molar-refractivity contribution is -0.128. The fourth-order valence-corrected chi connectivity index (χ4v) is 5.32. The molecule has 1 amide bonds. The highest BCUT2D eigenvalue weighted by molar-refractivity contribution is 7.99. The van der Waals surface area contributed by atoms with Gasteiger partial charge in [0.2, 0.25) is 5.91 Å². The first-order valence-electron chi connectivity index (χ1n) is 10.9. The molecule has 9 heteroatoms. The second-order valence-corrected chi connectivity index (χ2v) is 9.86. The van der Waals surface area contributed by atoms with Crippen molar-refractivity contribution in [1.82, 2.24) is 19.7 Å². The molecule has 174 valence electrons. The van der Waals surface area contributed by atoms with Crippen LogP contribution >= 0.6 is 23.1 Å². The Morgan fingerprint density at radius 2 is 1.88 bits per heavy atom. The van der Waals surface area contributed by atoms with Crippen molar-refractivity contribution >= 4 is 29.0 Å². The van der Waals surface area contributed by atoms with Crippen molar-refractivity contribution in [2.45, 2.75) is 17.7 Å². The lowest BCUT2D eigenvalue weighted by atomic mass is 10.2. The van der Waals surface area contributed by atoms with E-state index in [9.17, 15) is 4.79 Å². The molecule has 7 nitrogen and oxygen atoms in total. The number of carbonyl (C=O) groups is 1. The average Bonchev–Trinajstić information content (AvgIpc) is 3.53. The number of thiophene rings is 1. The maximum Gasteiger partial charge on any atom is 0.232 e. The minimum Gasteiger partial charge on any atom is -0.486 e. The maximum absolute atomic E-state index is 12.9. The molecule has 0 saturated carbocycles. The molecule has 0 spiro atoms. The van der Waals surface area contributed by atoms with Gasteiger partial charge in [-0.1, -0.05) is 48.2 Å². The van der Waals surface area contributed by atoms with E-state index in [0.717, 1.165) is 17.3 Å². The van der Waals surface area contributed by atoms with Gasteiger partial charge in [-0.25, -0.2) is 0 Å². The van der Waals surface area contributed by atoms with Crippen molar-refractivity contribution in [1.29, 1.82) is 0 Å².